The molecule has 1 aliphatic heterocycles. The van der Waals surface area contributed by atoms with Crippen molar-refractivity contribution in [3.63, 3.8) is 0 Å². The topological polar surface area (TPSA) is 59.7 Å². The van der Waals surface area contributed by atoms with Crippen LogP contribution < -0.4 is 0 Å². The summed E-state index contributed by atoms with van der Waals surface area (Å²) < 4.78 is 0. The third-order valence-corrected chi connectivity index (χ3v) is 4.56. The second-order valence-electron chi connectivity index (χ2n) is 5.85. The maximum absolute atomic E-state index is 10.2. The fourth-order valence-corrected chi connectivity index (χ4v) is 3.01. The fourth-order valence-electron chi connectivity index (χ4n) is 2.71. The molecule has 1 atom stereocenters. The van der Waals surface area contributed by atoms with Crippen molar-refractivity contribution in [3.8, 4) is 5.75 Å². The average Bonchev–Trinajstić information content (AvgIpc) is 2.94. The first kappa shape index (κ1) is 16.8. The minimum Gasteiger partial charge on any atom is -0.506 e. The summed E-state index contributed by atoms with van der Waals surface area (Å²) in [4.78, 5) is 0. The molecule has 0 bridgehead atoms. The minimum atomic E-state index is 0.0378. The molecule has 0 aromatic heterocycles. The Morgan fingerprint density at radius 2 is 1.96 bits per heavy atom. The van der Waals surface area contributed by atoms with Crippen LogP contribution in [0.25, 0.3) is 0 Å². The molecule has 6 heteroatoms. The Morgan fingerprint density at radius 1 is 1.25 bits per heavy atom. The Labute approximate surface area is 150 Å². The average molecular weight is 362 g/mol. The second-order valence-corrected chi connectivity index (χ2v) is 6.70. The lowest BCUT2D eigenvalue weighted by Crippen LogP contribution is -2.26. The Balaban J connectivity index is 1.80. The molecule has 0 spiro atoms. The SMILES string of the molecule is CC1CN(C(=N)Cc2ccc(Cl)cc2)N=C1c1cccc(Cl)c1O. The highest BCUT2D eigenvalue weighted by atomic mass is 35.5. The zero-order valence-corrected chi connectivity index (χ0v) is 14.6. The van der Waals surface area contributed by atoms with Crippen LogP contribution in [0, 0.1) is 11.3 Å². The van der Waals surface area contributed by atoms with Crippen LogP contribution >= 0.6 is 23.2 Å². The van der Waals surface area contributed by atoms with Gasteiger partial charge in [-0.05, 0) is 29.8 Å². The van der Waals surface area contributed by atoms with E-state index >= 15 is 0 Å². The number of hydrazone groups is 1. The van der Waals surface area contributed by atoms with Crippen LogP contribution in [0.1, 0.15) is 18.1 Å². The molecule has 0 radical (unpaired) electrons. The number of halogens is 2. The van der Waals surface area contributed by atoms with E-state index in [0.29, 0.717) is 34.4 Å². The van der Waals surface area contributed by atoms with Crippen molar-refractivity contribution in [2.24, 2.45) is 11.0 Å². The molecular formula is C18H17Cl2N3O. The normalized spacial score (nSPS) is 17.0. The van der Waals surface area contributed by atoms with Gasteiger partial charge in [-0.3, -0.25) is 10.4 Å². The van der Waals surface area contributed by atoms with E-state index in [4.69, 9.17) is 28.6 Å². The van der Waals surface area contributed by atoms with Crippen LogP contribution in [-0.4, -0.2) is 28.2 Å². The number of phenols is 1. The number of aromatic hydroxyl groups is 1. The number of phenolic OH excluding ortho intramolecular Hbond substituents is 1. The second kappa shape index (κ2) is 6.83. The molecular weight excluding hydrogens is 345 g/mol. The molecule has 0 fully saturated rings. The monoisotopic (exact) mass is 361 g/mol. The van der Waals surface area contributed by atoms with E-state index in [1.54, 1.807) is 23.2 Å². The Hall–Kier alpha value is -2.04. The van der Waals surface area contributed by atoms with Crippen LogP contribution in [0.5, 0.6) is 5.75 Å². The highest BCUT2D eigenvalue weighted by Gasteiger charge is 2.28. The Bertz CT molecular complexity index is 802. The Kier molecular flexibility index (Phi) is 4.78. The summed E-state index contributed by atoms with van der Waals surface area (Å²) in [5.41, 5.74) is 2.37. The summed E-state index contributed by atoms with van der Waals surface area (Å²) in [5, 5.41) is 25.7. The van der Waals surface area contributed by atoms with Crippen molar-refractivity contribution in [2.75, 3.05) is 6.54 Å². The lowest BCUT2D eigenvalue weighted by molar-refractivity contribution is 0.446. The van der Waals surface area contributed by atoms with E-state index in [0.717, 1.165) is 11.3 Å². The van der Waals surface area contributed by atoms with Crippen LogP contribution in [0.15, 0.2) is 47.6 Å². The van der Waals surface area contributed by atoms with Gasteiger partial charge in [0.05, 0.1) is 17.3 Å². The lowest BCUT2D eigenvalue weighted by Gasteiger charge is -2.15. The molecule has 24 heavy (non-hydrogen) atoms. The molecule has 1 heterocycles. The van der Waals surface area contributed by atoms with Gasteiger partial charge in [0.1, 0.15) is 11.6 Å². The number of benzene rings is 2. The third-order valence-electron chi connectivity index (χ3n) is 4.00. The zero-order chi connectivity index (χ0) is 17.3. The molecule has 0 saturated heterocycles. The smallest absolute Gasteiger partial charge is 0.143 e. The van der Waals surface area contributed by atoms with E-state index in [1.165, 1.54) is 0 Å². The summed E-state index contributed by atoms with van der Waals surface area (Å²) in [6, 6.07) is 12.7. The van der Waals surface area contributed by atoms with Crippen molar-refractivity contribution in [2.45, 2.75) is 13.3 Å². The van der Waals surface area contributed by atoms with Gasteiger partial charge in [0.2, 0.25) is 0 Å². The zero-order valence-electron chi connectivity index (χ0n) is 13.1. The Morgan fingerprint density at radius 3 is 2.67 bits per heavy atom. The maximum atomic E-state index is 10.2. The predicted octanol–water partition coefficient (Wildman–Crippen LogP) is 4.57. The standard InChI is InChI=1S/C18H17Cl2N3O/c1-11-10-23(16(21)9-12-5-7-13(19)8-6-12)22-17(11)14-3-2-4-15(20)18(14)24/h2-8,11,21,24H,9-10H2,1H3. The predicted molar refractivity (Wildman–Crippen MR) is 98.4 cm³/mol. The molecule has 0 amide bonds. The number of rotatable bonds is 3. The van der Waals surface area contributed by atoms with E-state index < -0.39 is 0 Å². The van der Waals surface area contributed by atoms with Gasteiger partial charge in [-0.15, -0.1) is 0 Å². The molecule has 124 valence electrons. The van der Waals surface area contributed by atoms with Gasteiger partial charge in [-0.2, -0.15) is 5.10 Å². The first-order valence-corrected chi connectivity index (χ1v) is 8.37. The number of para-hydroxylation sites is 1. The highest BCUT2D eigenvalue weighted by molar-refractivity contribution is 6.32. The molecule has 0 saturated carbocycles. The van der Waals surface area contributed by atoms with Gasteiger partial charge in [0.25, 0.3) is 0 Å². The molecule has 3 rings (SSSR count). The first-order chi connectivity index (χ1) is 11.5. The molecule has 1 aliphatic rings. The van der Waals surface area contributed by atoms with Crippen LogP contribution in [0.2, 0.25) is 10.0 Å². The highest BCUT2D eigenvalue weighted by Crippen LogP contribution is 2.31. The summed E-state index contributed by atoms with van der Waals surface area (Å²) in [6.45, 7) is 2.63. The maximum Gasteiger partial charge on any atom is 0.143 e. The molecule has 2 N–H and O–H groups in total. The van der Waals surface area contributed by atoms with Crippen LogP contribution in [0.4, 0.5) is 0 Å². The lowest BCUT2D eigenvalue weighted by atomic mass is 9.98. The first-order valence-electron chi connectivity index (χ1n) is 7.61. The number of hydrogen-bond donors (Lipinski definition) is 2. The largest absolute Gasteiger partial charge is 0.506 e. The van der Waals surface area contributed by atoms with Crippen LogP contribution in [-0.2, 0) is 6.42 Å². The van der Waals surface area contributed by atoms with Gasteiger partial charge in [0.15, 0.2) is 0 Å². The molecule has 2 aromatic rings. The van der Waals surface area contributed by atoms with E-state index in [2.05, 4.69) is 5.10 Å². The minimum absolute atomic E-state index is 0.0378. The molecule has 1 unspecified atom stereocenters. The van der Waals surface area contributed by atoms with Crippen molar-refractivity contribution in [1.29, 1.82) is 5.41 Å². The molecule has 4 nitrogen and oxygen atoms in total. The van der Waals surface area contributed by atoms with Gasteiger partial charge >= 0.3 is 0 Å². The van der Waals surface area contributed by atoms with Crippen molar-refractivity contribution in [1.82, 2.24) is 5.01 Å². The van der Waals surface area contributed by atoms with E-state index in [-0.39, 0.29) is 11.7 Å². The quantitative estimate of drug-likeness (QED) is 0.621. The van der Waals surface area contributed by atoms with Gasteiger partial charge < -0.3 is 5.11 Å². The van der Waals surface area contributed by atoms with Gasteiger partial charge in [-0.1, -0.05) is 48.3 Å². The summed E-state index contributed by atoms with van der Waals surface area (Å²) in [7, 11) is 0. The van der Waals surface area contributed by atoms with Crippen molar-refractivity contribution >= 4 is 34.7 Å². The summed E-state index contributed by atoms with van der Waals surface area (Å²) in [6.07, 6.45) is 0.474. The van der Waals surface area contributed by atoms with Crippen LogP contribution in [0.3, 0.4) is 0 Å². The van der Waals surface area contributed by atoms with E-state index in [1.807, 2.05) is 31.2 Å². The van der Waals surface area contributed by atoms with Gasteiger partial charge in [0, 0.05) is 22.9 Å². The third kappa shape index (κ3) is 3.40. The van der Waals surface area contributed by atoms with Crippen molar-refractivity contribution < 1.29 is 5.11 Å². The van der Waals surface area contributed by atoms with Gasteiger partial charge in [-0.25, -0.2) is 0 Å². The number of amidine groups is 1. The van der Waals surface area contributed by atoms with E-state index in [9.17, 15) is 5.11 Å². The van der Waals surface area contributed by atoms with Crippen molar-refractivity contribution in [3.05, 3.63) is 63.6 Å². The number of nitrogens with zero attached hydrogens (tertiary/aromatic N) is 2. The summed E-state index contributed by atoms with van der Waals surface area (Å²) >= 11 is 11.9. The molecule has 0 aliphatic carbocycles. The fraction of sp³-hybridized carbons (Fsp3) is 0.222. The molecule has 2 aromatic carbocycles. The number of hydrogen-bond acceptors (Lipinski definition) is 3. The summed E-state index contributed by atoms with van der Waals surface area (Å²) in [5.74, 6) is 0.538. The number of nitrogens with one attached hydrogen (secondary N) is 1.